The molecule has 0 amide bonds. The van der Waals surface area contributed by atoms with Gasteiger partial charge in [0.25, 0.3) is 5.89 Å². The van der Waals surface area contributed by atoms with Gasteiger partial charge in [-0.05, 0) is 30.7 Å². The second-order valence-corrected chi connectivity index (χ2v) is 5.44. The van der Waals surface area contributed by atoms with E-state index in [0.717, 1.165) is 15.6 Å². The van der Waals surface area contributed by atoms with Gasteiger partial charge in [-0.1, -0.05) is 33.2 Å². The van der Waals surface area contributed by atoms with Gasteiger partial charge in [0.1, 0.15) is 11.5 Å². The van der Waals surface area contributed by atoms with Crippen molar-refractivity contribution >= 4 is 15.9 Å². The summed E-state index contributed by atoms with van der Waals surface area (Å²) >= 11 is 3.46. The quantitative estimate of drug-likeness (QED) is 0.735. The summed E-state index contributed by atoms with van der Waals surface area (Å²) in [4.78, 5) is 4.27. The van der Waals surface area contributed by atoms with Crippen LogP contribution in [0.1, 0.15) is 5.56 Å². The van der Waals surface area contributed by atoms with Gasteiger partial charge in [0.15, 0.2) is 0 Å². The summed E-state index contributed by atoms with van der Waals surface area (Å²) in [6.07, 6.45) is 0. The highest BCUT2D eigenvalue weighted by molar-refractivity contribution is 9.10. The Morgan fingerprint density at radius 3 is 2.62 bits per heavy atom. The number of hydrogen-bond donors (Lipinski definition) is 2. The molecule has 2 aromatic carbocycles. The smallest absolute Gasteiger partial charge is 0.262 e. The molecule has 3 aromatic rings. The monoisotopic (exact) mass is 346 g/mol. The third-order valence-electron chi connectivity index (χ3n) is 3.07. The fraction of sp³-hybridized carbons (Fsp3) is 0.0667. The molecule has 3 rings (SSSR count). The molecule has 0 fully saturated rings. The van der Waals surface area contributed by atoms with Crippen molar-refractivity contribution in [2.75, 3.05) is 0 Å². The lowest BCUT2D eigenvalue weighted by atomic mass is 10.1. The lowest BCUT2D eigenvalue weighted by Gasteiger charge is -2.00. The minimum absolute atomic E-state index is 0.0292. The number of nitrogens with zero attached hydrogens (tertiary/aromatic N) is 2. The third-order valence-corrected chi connectivity index (χ3v) is 3.92. The predicted octanol–water partition coefficient (Wildman–Crippen LogP) is 3.89. The van der Waals surface area contributed by atoms with Crippen molar-refractivity contribution in [2.45, 2.75) is 6.92 Å². The van der Waals surface area contributed by atoms with E-state index >= 15 is 0 Å². The third kappa shape index (κ3) is 2.62. The summed E-state index contributed by atoms with van der Waals surface area (Å²) in [5.41, 5.74) is 2.29. The molecule has 5 nitrogen and oxygen atoms in total. The van der Waals surface area contributed by atoms with E-state index in [9.17, 15) is 10.2 Å². The number of aromatic nitrogens is 2. The largest absolute Gasteiger partial charge is 0.508 e. The summed E-state index contributed by atoms with van der Waals surface area (Å²) in [6.45, 7) is 1.99. The Balaban J connectivity index is 2.01. The number of rotatable bonds is 2. The average molecular weight is 347 g/mol. The van der Waals surface area contributed by atoms with Crippen molar-refractivity contribution in [1.29, 1.82) is 0 Å². The molecular weight excluding hydrogens is 336 g/mol. The van der Waals surface area contributed by atoms with E-state index in [1.54, 1.807) is 0 Å². The second kappa shape index (κ2) is 5.21. The molecule has 21 heavy (non-hydrogen) atoms. The Labute approximate surface area is 129 Å². The average Bonchev–Trinajstić information content (AvgIpc) is 2.91. The molecule has 0 aliphatic heterocycles. The lowest BCUT2D eigenvalue weighted by molar-refractivity contribution is 0.423. The van der Waals surface area contributed by atoms with E-state index in [1.165, 1.54) is 18.2 Å². The molecule has 106 valence electrons. The highest BCUT2D eigenvalue weighted by Gasteiger charge is 2.14. The van der Waals surface area contributed by atoms with Gasteiger partial charge < -0.3 is 14.7 Å². The maximum absolute atomic E-state index is 9.81. The predicted molar refractivity (Wildman–Crippen MR) is 80.9 cm³/mol. The summed E-state index contributed by atoms with van der Waals surface area (Å²) in [5, 5.41) is 23.0. The van der Waals surface area contributed by atoms with Crippen molar-refractivity contribution in [2.24, 2.45) is 0 Å². The molecule has 0 saturated carbocycles. The van der Waals surface area contributed by atoms with Gasteiger partial charge >= 0.3 is 0 Å². The highest BCUT2D eigenvalue weighted by Crippen LogP contribution is 2.32. The molecule has 1 heterocycles. The van der Waals surface area contributed by atoms with Crippen LogP contribution in [0.3, 0.4) is 0 Å². The Kier molecular flexibility index (Phi) is 3.39. The van der Waals surface area contributed by atoms with Crippen LogP contribution in [0.25, 0.3) is 22.8 Å². The van der Waals surface area contributed by atoms with Gasteiger partial charge in [0.2, 0.25) is 5.82 Å². The zero-order chi connectivity index (χ0) is 15.0. The lowest BCUT2D eigenvalue weighted by Crippen LogP contribution is -1.83. The van der Waals surface area contributed by atoms with Crippen LogP contribution in [0.4, 0.5) is 0 Å². The van der Waals surface area contributed by atoms with E-state index in [0.29, 0.717) is 11.4 Å². The maximum Gasteiger partial charge on any atom is 0.262 e. The van der Waals surface area contributed by atoms with E-state index in [1.807, 2.05) is 25.1 Å². The minimum atomic E-state index is -0.115. The first kappa shape index (κ1) is 13.6. The van der Waals surface area contributed by atoms with Crippen LogP contribution in [0.5, 0.6) is 11.5 Å². The number of phenolic OH excluding ortho intramolecular Hbond substituents is 2. The first-order valence-electron chi connectivity index (χ1n) is 6.17. The van der Waals surface area contributed by atoms with Gasteiger partial charge in [-0.2, -0.15) is 4.98 Å². The number of aromatic hydroxyl groups is 2. The summed E-state index contributed by atoms with van der Waals surface area (Å²) < 4.78 is 6.14. The molecule has 2 N–H and O–H groups in total. The van der Waals surface area contributed by atoms with Crippen molar-refractivity contribution in [3.05, 3.63) is 46.4 Å². The Hall–Kier alpha value is -2.34. The summed E-state index contributed by atoms with van der Waals surface area (Å²) in [5.74, 6) is 0.478. The molecule has 0 aliphatic rings. The molecule has 1 aromatic heterocycles. The van der Waals surface area contributed by atoms with Crippen LogP contribution in [-0.4, -0.2) is 20.4 Å². The highest BCUT2D eigenvalue weighted by atomic mass is 79.9. The first-order valence-corrected chi connectivity index (χ1v) is 6.96. The van der Waals surface area contributed by atoms with Crippen molar-refractivity contribution in [1.82, 2.24) is 10.1 Å². The van der Waals surface area contributed by atoms with E-state index < -0.39 is 0 Å². The van der Waals surface area contributed by atoms with Crippen LogP contribution in [0.2, 0.25) is 0 Å². The molecule has 0 atom stereocenters. The van der Waals surface area contributed by atoms with Gasteiger partial charge in [-0.3, -0.25) is 0 Å². The molecular formula is C15H11BrN2O3. The fourth-order valence-corrected chi connectivity index (χ4v) is 2.26. The van der Waals surface area contributed by atoms with Crippen molar-refractivity contribution in [3.8, 4) is 34.3 Å². The van der Waals surface area contributed by atoms with Gasteiger partial charge in [0, 0.05) is 16.1 Å². The SMILES string of the molecule is Cc1ccc(-c2noc(-c3ccc(O)cc3O)n2)cc1Br. The second-order valence-electron chi connectivity index (χ2n) is 4.59. The zero-order valence-corrected chi connectivity index (χ0v) is 12.6. The molecule has 6 heteroatoms. The van der Waals surface area contributed by atoms with Gasteiger partial charge in [-0.25, -0.2) is 0 Å². The van der Waals surface area contributed by atoms with E-state index in [4.69, 9.17) is 4.52 Å². The standard InChI is InChI=1S/C15H11BrN2O3/c1-8-2-3-9(6-12(8)16)14-17-15(21-18-14)11-5-4-10(19)7-13(11)20/h2-7,19-20H,1H3. The number of benzene rings is 2. The Morgan fingerprint density at radius 2 is 1.90 bits per heavy atom. The van der Waals surface area contributed by atoms with Crippen LogP contribution < -0.4 is 0 Å². The summed E-state index contributed by atoms with van der Waals surface area (Å²) in [7, 11) is 0. The van der Waals surface area contributed by atoms with Crippen LogP contribution >= 0.6 is 15.9 Å². The van der Waals surface area contributed by atoms with Crippen molar-refractivity contribution < 1.29 is 14.7 Å². The normalized spacial score (nSPS) is 10.8. The van der Waals surface area contributed by atoms with Gasteiger partial charge in [-0.15, -0.1) is 0 Å². The number of aryl methyl sites for hydroxylation is 1. The number of hydrogen-bond acceptors (Lipinski definition) is 5. The topological polar surface area (TPSA) is 79.4 Å². The number of phenols is 2. The van der Waals surface area contributed by atoms with Gasteiger partial charge in [0.05, 0.1) is 5.56 Å². The molecule has 0 unspecified atom stereocenters. The van der Waals surface area contributed by atoms with Crippen LogP contribution in [0.15, 0.2) is 45.4 Å². The molecule has 0 aliphatic carbocycles. The van der Waals surface area contributed by atoms with Crippen LogP contribution in [-0.2, 0) is 0 Å². The Morgan fingerprint density at radius 1 is 1.10 bits per heavy atom. The Bertz CT molecular complexity index is 814. The van der Waals surface area contributed by atoms with Crippen molar-refractivity contribution in [3.63, 3.8) is 0 Å². The zero-order valence-electron chi connectivity index (χ0n) is 11.0. The molecule has 0 radical (unpaired) electrons. The van der Waals surface area contributed by atoms with E-state index in [-0.39, 0.29) is 17.4 Å². The number of halogens is 1. The minimum Gasteiger partial charge on any atom is -0.508 e. The van der Waals surface area contributed by atoms with E-state index in [2.05, 4.69) is 26.1 Å². The molecule has 0 spiro atoms. The molecule has 0 bridgehead atoms. The fourth-order valence-electron chi connectivity index (χ4n) is 1.88. The summed E-state index contributed by atoms with van der Waals surface area (Å²) in [6, 6.07) is 9.94. The van der Waals surface area contributed by atoms with Crippen LogP contribution in [0, 0.1) is 6.92 Å². The molecule has 0 saturated heterocycles. The maximum atomic E-state index is 9.81. The first-order chi connectivity index (χ1) is 10.0.